The maximum atomic E-state index is 15.6. The second-order valence-corrected chi connectivity index (χ2v) is 15.5. The standard InChI is InChI=1S/C40H43F8N5O8/c1-37(2,3)25(36(57)58)20-60-14-13-59-15-16-61-28-10-7-22(31(41)32(28)42)19-53-35(56)30(33(54)38(52(53)4)11-5-6-12-38)34(55)51-26-9-8-23(39(43,44)45)17-24(26)27-18-29(40(46,47)48)50-21-49-27/h7-10,17-18,21,25,54H,5-6,11-16,19-20H2,1-4H3,(H,51,55)(H,57,58). The molecule has 3 aromatic rings. The zero-order chi connectivity index (χ0) is 45.1. The monoisotopic (exact) mass is 873 g/mol. The number of anilines is 1. The molecule has 1 aromatic heterocycles. The summed E-state index contributed by atoms with van der Waals surface area (Å²) in [5, 5.41) is 25.4. The van der Waals surface area contributed by atoms with Gasteiger partial charge in [-0.1, -0.05) is 39.7 Å². The van der Waals surface area contributed by atoms with Crippen LogP contribution in [0.3, 0.4) is 0 Å². The third-order valence-corrected chi connectivity index (χ3v) is 10.5. The van der Waals surface area contributed by atoms with E-state index in [4.69, 9.17) is 14.2 Å². The Labute approximate surface area is 344 Å². The summed E-state index contributed by atoms with van der Waals surface area (Å²) in [6.07, 6.45) is -8.09. The number of rotatable bonds is 15. The highest BCUT2D eigenvalue weighted by molar-refractivity contribution is 6.24. The van der Waals surface area contributed by atoms with E-state index in [0.717, 1.165) is 23.2 Å². The first kappa shape index (κ1) is 46.7. The number of aliphatic hydroxyl groups excluding tert-OH is 1. The van der Waals surface area contributed by atoms with Crippen molar-refractivity contribution in [2.75, 3.05) is 45.4 Å². The van der Waals surface area contributed by atoms with E-state index >= 15 is 8.78 Å². The number of carbonyl (C=O) groups excluding carboxylic acids is 2. The van der Waals surface area contributed by atoms with Gasteiger partial charge in [-0.05, 0) is 48.6 Å². The minimum Gasteiger partial charge on any atom is -0.509 e. The molecular weight excluding hydrogens is 830 g/mol. The highest BCUT2D eigenvalue weighted by atomic mass is 19.4. The van der Waals surface area contributed by atoms with Crippen LogP contribution in [-0.4, -0.2) is 93.6 Å². The fraction of sp³-hybridized carbons (Fsp3) is 0.475. The van der Waals surface area contributed by atoms with Gasteiger partial charge in [0.15, 0.2) is 11.6 Å². The Balaban J connectivity index is 1.33. The van der Waals surface area contributed by atoms with Gasteiger partial charge in [0, 0.05) is 18.2 Å². The van der Waals surface area contributed by atoms with Gasteiger partial charge in [0.05, 0.1) is 61.4 Å². The van der Waals surface area contributed by atoms with Crippen molar-refractivity contribution < 1.29 is 73.9 Å². The lowest BCUT2D eigenvalue weighted by atomic mass is 9.81. The molecule has 5 rings (SSSR count). The summed E-state index contributed by atoms with van der Waals surface area (Å²) in [6.45, 7) is 4.48. The minimum atomic E-state index is -5.01. The fourth-order valence-electron chi connectivity index (χ4n) is 7.06. The van der Waals surface area contributed by atoms with Gasteiger partial charge in [0.2, 0.25) is 5.82 Å². The molecule has 1 atom stereocenters. The molecule has 2 aromatic carbocycles. The van der Waals surface area contributed by atoms with Crippen molar-refractivity contribution in [1.29, 1.82) is 0 Å². The Morgan fingerprint density at radius 3 is 2.18 bits per heavy atom. The first-order valence-corrected chi connectivity index (χ1v) is 18.9. The molecule has 1 unspecified atom stereocenters. The van der Waals surface area contributed by atoms with E-state index in [0.29, 0.717) is 37.4 Å². The molecule has 0 bridgehead atoms. The number of carboxylic acids is 1. The van der Waals surface area contributed by atoms with Crippen molar-refractivity contribution in [2.45, 2.75) is 70.9 Å². The number of halogens is 8. The van der Waals surface area contributed by atoms with Crippen LogP contribution in [-0.2, 0) is 42.8 Å². The van der Waals surface area contributed by atoms with Crippen LogP contribution in [0.2, 0.25) is 0 Å². The Hall–Kier alpha value is -5.41. The second kappa shape index (κ2) is 18.3. The number of likely N-dealkylation sites (N-methyl/N-ethyl adjacent to an activating group) is 1. The van der Waals surface area contributed by atoms with Gasteiger partial charge >= 0.3 is 18.3 Å². The lowest BCUT2D eigenvalue weighted by molar-refractivity contribution is -0.163. The van der Waals surface area contributed by atoms with Crippen LogP contribution in [0.25, 0.3) is 11.3 Å². The van der Waals surface area contributed by atoms with E-state index < -0.39 is 110 Å². The Morgan fingerprint density at radius 1 is 0.902 bits per heavy atom. The van der Waals surface area contributed by atoms with Crippen molar-refractivity contribution in [3.63, 3.8) is 0 Å². The number of nitrogens with one attached hydrogen (secondary N) is 1. The quantitative estimate of drug-likeness (QED) is 0.0784. The van der Waals surface area contributed by atoms with Crippen molar-refractivity contribution in [3.05, 3.63) is 82.5 Å². The molecule has 1 fully saturated rings. The third-order valence-electron chi connectivity index (χ3n) is 10.5. The Morgan fingerprint density at radius 2 is 1.56 bits per heavy atom. The van der Waals surface area contributed by atoms with Gasteiger partial charge in [-0.25, -0.2) is 19.4 Å². The minimum absolute atomic E-state index is 0.0343. The fourth-order valence-corrected chi connectivity index (χ4v) is 7.06. The largest absolute Gasteiger partial charge is 0.509 e. The molecule has 1 spiro atoms. The highest BCUT2D eigenvalue weighted by Gasteiger charge is 2.53. The number of aliphatic hydroxyl groups is 1. The first-order valence-electron chi connectivity index (χ1n) is 18.9. The van der Waals surface area contributed by atoms with Gasteiger partial charge in [0.25, 0.3) is 11.8 Å². The second-order valence-electron chi connectivity index (χ2n) is 15.5. The molecule has 3 N–H and O–H groups in total. The van der Waals surface area contributed by atoms with E-state index in [1.165, 1.54) is 12.1 Å². The zero-order valence-electron chi connectivity index (χ0n) is 33.3. The summed E-state index contributed by atoms with van der Waals surface area (Å²) in [5.41, 5.74) is -7.74. The number of hydrazine groups is 1. The van der Waals surface area contributed by atoms with Crippen LogP contribution in [0.4, 0.5) is 40.8 Å². The zero-order valence-corrected chi connectivity index (χ0v) is 33.3. The Bertz CT molecular complexity index is 2150. The predicted molar refractivity (Wildman–Crippen MR) is 199 cm³/mol. The van der Waals surface area contributed by atoms with Crippen LogP contribution in [0, 0.1) is 23.0 Å². The van der Waals surface area contributed by atoms with E-state index in [1.807, 2.05) is 0 Å². The van der Waals surface area contributed by atoms with Crippen LogP contribution in [0.15, 0.2) is 54.1 Å². The van der Waals surface area contributed by atoms with Crippen LogP contribution < -0.4 is 10.1 Å². The molecule has 1 aliphatic heterocycles. The molecule has 13 nitrogen and oxygen atoms in total. The van der Waals surface area contributed by atoms with Gasteiger partial charge in [-0.15, -0.1) is 0 Å². The molecular formula is C40H43F8N5O8. The van der Waals surface area contributed by atoms with Gasteiger partial charge in [-0.3, -0.25) is 19.4 Å². The molecule has 2 amide bonds. The smallest absolute Gasteiger partial charge is 0.433 e. The molecule has 1 saturated carbocycles. The maximum absolute atomic E-state index is 15.6. The van der Waals surface area contributed by atoms with Crippen molar-refractivity contribution in [2.24, 2.45) is 11.3 Å². The van der Waals surface area contributed by atoms with Crippen molar-refractivity contribution >= 4 is 23.5 Å². The van der Waals surface area contributed by atoms with E-state index in [-0.39, 0.29) is 51.4 Å². The average Bonchev–Trinajstić information content (AvgIpc) is 3.68. The summed E-state index contributed by atoms with van der Waals surface area (Å²) in [4.78, 5) is 46.3. The lowest BCUT2D eigenvalue weighted by Crippen LogP contribution is -2.62. The number of benzene rings is 2. The van der Waals surface area contributed by atoms with E-state index in [2.05, 4.69) is 15.3 Å². The normalized spacial score (nSPS) is 16.7. The highest BCUT2D eigenvalue weighted by Crippen LogP contribution is 2.45. The van der Waals surface area contributed by atoms with Crippen LogP contribution in [0.5, 0.6) is 5.75 Å². The number of amides is 2. The molecule has 332 valence electrons. The number of aromatic nitrogens is 2. The topological polar surface area (TPSA) is 164 Å². The number of carboxylic acid groups (broad SMARTS) is 1. The molecule has 0 radical (unpaired) electrons. The number of nitrogens with zero attached hydrogens (tertiary/aromatic N) is 4. The summed E-state index contributed by atoms with van der Waals surface area (Å²) in [5.74, 6) is -8.28. The summed E-state index contributed by atoms with van der Waals surface area (Å²) >= 11 is 0. The summed E-state index contributed by atoms with van der Waals surface area (Å²) < 4.78 is 129. The number of hydrogen-bond donors (Lipinski definition) is 3. The van der Waals surface area contributed by atoms with Gasteiger partial charge in [0.1, 0.15) is 30.0 Å². The summed E-state index contributed by atoms with van der Waals surface area (Å²) in [7, 11) is 1.40. The van der Waals surface area contributed by atoms with Crippen LogP contribution in [0.1, 0.15) is 63.3 Å². The number of alkyl halides is 6. The lowest BCUT2D eigenvalue weighted by Gasteiger charge is -2.48. The molecule has 21 heteroatoms. The van der Waals surface area contributed by atoms with Crippen molar-refractivity contribution in [3.8, 4) is 17.0 Å². The van der Waals surface area contributed by atoms with Crippen molar-refractivity contribution in [1.82, 2.24) is 20.0 Å². The predicted octanol–water partition coefficient (Wildman–Crippen LogP) is 7.57. The first-order chi connectivity index (χ1) is 28.5. The number of hydrogen-bond acceptors (Lipinski definition) is 10. The molecule has 61 heavy (non-hydrogen) atoms. The summed E-state index contributed by atoms with van der Waals surface area (Å²) in [6, 6.07) is 4.38. The molecule has 0 saturated heterocycles. The van der Waals surface area contributed by atoms with E-state index in [1.54, 1.807) is 20.8 Å². The Kier molecular flexibility index (Phi) is 14.0. The number of aliphatic carboxylic acids is 1. The maximum Gasteiger partial charge on any atom is 0.433 e. The third kappa shape index (κ3) is 10.4. The molecule has 2 aliphatic rings. The van der Waals surface area contributed by atoms with E-state index in [9.17, 15) is 50.9 Å². The SMILES string of the molecule is CN1N(Cc2ccc(OCCOCCOCC(C(=O)O)C(C)(C)C)c(F)c2F)C(=O)C(C(=O)Nc2ccc(C(F)(F)F)cc2-c2cc(C(F)(F)F)ncn2)=C(O)C12CCCC2. The van der Waals surface area contributed by atoms with Crippen LogP contribution >= 0.6 is 0 Å². The number of carbonyl (C=O) groups is 3. The molecule has 2 heterocycles. The van der Waals surface area contributed by atoms with Gasteiger partial charge in [-0.2, -0.15) is 30.7 Å². The van der Waals surface area contributed by atoms with Gasteiger partial charge < -0.3 is 29.7 Å². The average molecular weight is 874 g/mol. The number of ether oxygens (including phenoxy) is 3. The molecule has 1 aliphatic carbocycles.